The van der Waals surface area contributed by atoms with Gasteiger partial charge in [0.1, 0.15) is 0 Å². The van der Waals surface area contributed by atoms with Crippen molar-refractivity contribution in [1.29, 1.82) is 0 Å². The van der Waals surface area contributed by atoms with Gasteiger partial charge in [0.15, 0.2) is 0 Å². The van der Waals surface area contributed by atoms with Crippen molar-refractivity contribution >= 4 is 11.6 Å². The smallest absolute Gasteiger partial charge is 0.170 e. The van der Waals surface area contributed by atoms with E-state index in [0.29, 0.717) is 5.02 Å². The van der Waals surface area contributed by atoms with Crippen LogP contribution in [0.5, 0.6) is 0 Å². The minimum atomic E-state index is -4.16. The minimum Gasteiger partial charge on any atom is -0.170 e. The highest BCUT2D eigenvalue weighted by Crippen LogP contribution is 2.58. The third kappa shape index (κ3) is 1.40. The number of hydrogen-bond acceptors (Lipinski definition) is 0. The summed E-state index contributed by atoms with van der Waals surface area (Å²) in [6.07, 6.45) is -3.80. The molecule has 0 spiro atoms. The Morgan fingerprint density at radius 2 is 1.86 bits per heavy atom. The van der Waals surface area contributed by atoms with E-state index in [4.69, 9.17) is 11.6 Å². The van der Waals surface area contributed by atoms with E-state index in [1.54, 1.807) is 12.1 Å². The Kier molecular flexibility index (Phi) is 2.03. The van der Waals surface area contributed by atoms with Gasteiger partial charge in [0, 0.05) is 5.02 Å². The summed E-state index contributed by atoms with van der Waals surface area (Å²) in [5, 5.41) is 0.359. The van der Waals surface area contributed by atoms with E-state index in [2.05, 4.69) is 0 Å². The maximum Gasteiger partial charge on any atom is 0.398 e. The van der Waals surface area contributed by atoms with E-state index in [-0.39, 0.29) is 18.4 Å². The molecule has 14 heavy (non-hydrogen) atoms. The molecule has 0 aromatic heterocycles. The van der Waals surface area contributed by atoms with Crippen molar-refractivity contribution in [3.8, 4) is 0 Å². The highest BCUT2D eigenvalue weighted by Gasteiger charge is 2.64. The molecule has 0 radical (unpaired) electrons. The van der Waals surface area contributed by atoms with Crippen LogP contribution in [0.3, 0.4) is 0 Å². The van der Waals surface area contributed by atoms with Crippen molar-refractivity contribution in [2.45, 2.75) is 24.4 Å². The summed E-state index contributed by atoms with van der Waals surface area (Å²) in [7, 11) is 0. The fourth-order valence-corrected chi connectivity index (χ4v) is 1.84. The van der Waals surface area contributed by atoms with Crippen LogP contribution in [0, 0.1) is 0 Å². The molecule has 0 N–H and O–H groups in total. The Bertz CT molecular complexity index is 353. The van der Waals surface area contributed by atoms with Gasteiger partial charge in [0.2, 0.25) is 0 Å². The fourth-order valence-electron chi connectivity index (χ4n) is 1.65. The minimum absolute atomic E-state index is 0.177. The van der Waals surface area contributed by atoms with Gasteiger partial charge in [-0.15, -0.1) is 0 Å². The van der Waals surface area contributed by atoms with Crippen molar-refractivity contribution in [2.24, 2.45) is 0 Å². The average Bonchev–Trinajstić information content (AvgIpc) is 2.82. The summed E-state index contributed by atoms with van der Waals surface area (Å²) < 4.78 is 38.0. The van der Waals surface area contributed by atoms with Gasteiger partial charge in [-0.1, -0.05) is 23.7 Å². The molecule has 1 aromatic rings. The van der Waals surface area contributed by atoms with Gasteiger partial charge in [-0.05, 0) is 30.5 Å². The van der Waals surface area contributed by atoms with Crippen molar-refractivity contribution < 1.29 is 13.2 Å². The number of benzene rings is 1. The average molecular weight is 221 g/mol. The lowest BCUT2D eigenvalue weighted by Gasteiger charge is -2.19. The molecular formula is C10H8ClF3. The summed E-state index contributed by atoms with van der Waals surface area (Å²) in [5.74, 6) is 0. The molecule has 1 saturated carbocycles. The molecule has 1 aromatic carbocycles. The molecule has 0 unspecified atom stereocenters. The summed E-state index contributed by atoms with van der Waals surface area (Å²) in [4.78, 5) is 0. The summed E-state index contributed by atoms with van der Waals surface area (Å²) in [5.41, 5.74) is -1.32. The predicted octanol–water partition coefficient (Wildman–Crippen LogP) is 3.93. The molecule has 0 atom stereocenters. The zero-order chi connectivity index (χ0) is 10.4. The van der Waals surface area contributed by atoms with E-state index >= 15 is 0 Å². The van der Waals surface area contributed by atoms with Gasteiger partial charge in [-0.3, -0.25) is 0 Å². The highest BCUT2D eigenvalue weighted by atomic mass is 35.5. The third-order valence-electron chi connectivity index (χ3n) is 2.67. The molecule has 0 amide bonds. The third-order valence-corrected chi connectivity index (χ3v) is 2.90. The number of halogens is 4. The Labute approximate surface area is 84.7 Å². The number of alkyl halides is 3. The number of hydrogen-bond donors (Lipinski definition) is 0. The van der Waals surface area contributed by atoms with Gasteiger partial charge in [0.25, 0.3) is 0 Å². The topological polar surface area (TPSA) is 0 Å². The second-order valence-corrected chi connectivity index (χ2v) is 4.03. The van der Waals surface area contributed by atoms with Crippen molar-refractivity contribution in [3.05, 3.63) is 34.9 Å². The van der Waals surface area contributed by atoms with E-state index in [1.165, 1.54) is 12.1 Å². The van der Waals surface area contributed by atoms with Crippen LogP contribution in [0.2, 0.25) is 5.02 Å². The molecule has 2 rings (SSSR count). The molecule has 1 fully saturated rings. The lowest BCUT2D eigenvalue weighted by atomic mass is 9.95. The Morgan fingerprint density at radius 3 is 2.29 bits per heavy atom. The SMILES string of the molecule is FC(F)(F)C1(c2cccc(Cl)c2)CC1. The highest BCUT2D eigenvalue weighted by molar-refractivity contribution is 6.30. The van der Waals surface area contributed by atoms with Gasteiger partial charge in [0.05, 0.1) is 5.41 Å². The second kappa shape index (κ2) is 2.89. The number of rotatable bonds is 1. The van der Waals surface area contributed by atoms with Gasteiger partial charge in [-0.2, -0.15) is 13.2 Å². The van der Waals surface area contributed by atoms with Gasteiger partial charge >= 0.3 is 6.18 Å². The molecule has 0 bridgehead atoms. The van der Waals surface area contributed by atoms with Crippen LogP contribution in [-0.4, -0.2) is 6.18 Å². The van der Waals surface area contributed by atoms with Crippen molar-refractivity contribution in [2.75, 3.05) is 0 Å². The Balaban J connectivity index is 2.41. The maximum atomic E-state index is 12.7. The maximum absolute atomic E-state index is 12.7. The van der Waals surface area contributed by atoms with E-state index in [0.717, 1.165) is 0 Å². The first kappa shape index (κ1) is 9.84. The summed E-state index contributed by atoms with van der Waals surface area (Å²) in [6, 6.07) is 6.04. The summed E-state index contributed by atoms with van der Waals surface area (Å²) >= 11 is 5.66. The molecule has 4 heteroatoms. The van der Waals surface area contributed by atoms with Crippen LogP contribution < -0.4 is 0 Å². The molecule has 76 valence electrons. The van der Waals surface area contributed by atoms with Crippen LogP contribution in [0.1, 0.15) is 18.4 Å². The zero-order valence-electron chi connectivity index (χ0n) is 7.24. The van der Waals surface area contributed by atoms with Crippen molar-refractivity contribution in [1.82, 2.24) is 0 Å². The molecule has 0 saturated heterocycles. The molecule has 0 aliphatic heterocycles. The van der Waals surface area contributed by atoms with Crippen LogP contribution in [-0.2, 0) is 5.41 Å². The first-order valence-corrected chi connectivity index (χ1v) is 4.66. The van der Waals surface area contributed by atoms with Crippen LogP contribution >= 0.6 is 11.6 Å². The largest absolute Gasteiger partial charge is 0.398 e. The lowest BCUT2D eigenvalue weighted by molar-refractivity contribution is -0.160. The lowest BCUT2D eigenvalue weighted by Crippen LogP contribution is -2.28. The van der Waals surface area contributed by atoms with Crippen LogP contribution in [0.25, 0.3) is 0 Å². The molecule has 1 aliphatic carbocycles. The van der Waals surface area contributed by atoms with E-state index < -0.39 is 11.6 Å². The standard InChI is InChI=1S/C10H8ClF3/c11-8-3-1-2-7(6-8)9(4-5-9)10(12,13)14/h1-3,6H,4-5H2. The van der Waals surface area contributed by atoms with E-state index in [1.807, 2.05) is 0 Å². The predicted molar refractivity (Wildman–Crippen MR) is 48.4 cm³/mol. The quantitative estimate of drug-likeness (QED) is 0.673. The molecule has 1 aliphatic rings. The molecule has 0 heterocycles. The van der Waals surface area contributed by atoms with Gasteiger partial charge < -0.3 is 0 Å². The summed E-state index contributed by atoms with van der Waals surface area (Å²) in [6.45, 7) is 0. The zero-order valence-corrected chi connectivity index (χ0v) is 7.99. The Morgan fingerprint density at radius 1 is 1.21 bits per heavy atom. The van der Waals surface area contributed by atoms with Crippen molar-refractivity contribution in [3.63, 3.8) is 0 Å². The van der Waals surface area contributed by atoms with Gasteiger partial charge in [-0.25, -0.2) is 0 Å². The normalized spacial score (nSPS) is 19.4. The fraction of sp³-hybridized carbons (Fsp3) is 0.400. The van der Waals surface area contributed by atoms with Crippen LogP contribution in [0.4, 0.5) is 13.2 Å². The monoisotopic (exact) mass is 220 g/mol. The first-order valence-electron chi connectivity index (χ1n) is 4.28. The molecule has 0 nitrogen and oxygen atoms in total. The Hall–Kier alpha value is -0.700. The van der Waals surface area contributed by atoms with E-state index in [9.17, 15) is 13.2 Å². The molecular weight excluding hydrogens is 213 g/mol. The first-order chi connectivity index (χ1) is 6.46. The second-order valence-electron chi connectivity index (χ2n) is 3.59. The van der Waals surface area contributed by atoms with Crippen LogP contribution in [0.15, 0.2) is 24.3 Å².